The lowest BCUT2D eigenvalue weighted by Crippen LogP contribution is -2.27. The van der Waals surface area contributed by atoms with Gasteiger partial charge in [0, 0.05) is 6.04 Å². The molecule has 1 saturated heterocycles. The Morgan fingerprint density at radius 1 is 1.39 bits per heavy atom. The first-order valence-corrected chi connectivity index (χ1v) is 7.31. The summed E-state index contributed by atoms with van der Waals surface area (Å²) in [5, 5.41) is 0. The Kier molecular flexibility index (Phi) is 7.16. The van der Waals surface area contributed by atoms with Gasteiger partial charge >= 0.3 is 15.6 Å². The van der Waals surface area contributed by atoms with Gasteiger partial charge in [0.05, 0.1) is 0 Å². The minimum atomic E-state index is -5.84. The number of alkyl halides is 3. The molecule has 1 unspecified atom stereocenters. The van der Waals surface area contributed by atoms with Crippen LogP contribution >= 0.6 is 0 Å². The topological polar surface area (TPSA) is 57.6 Å². The molecule has 110 valence electrons. The highest BCUT2D eigenvalue weighted by molar-refractivity contribution is 7.86. The lowest BCUT2D eigenvalue weighted by Gasteiger charge is -2.19. The number of unbranched alkanes of at least 4 members (excludes halogenated alkanes) is 1. The molecule has 1 aliphatic heterocycles. The van der Waals surface area contributed by atoms with Crippen molar-refractivity contribution < 1.29 is 26.1 Å². The zero-order valence-corrected chi connectivity index (χ0v) is 11.4. The summed E-state index contributed by atoms with van der Waals surface area (Å²) < 4.78 is 57.5. The maximum atomic E-state index is 10.7. The Morgan fingerprint density at radius 3 is 2.17 bits per heavy atom. The van der Waals surface area contributed by atoms with Gasteiger partial charge in [-0.3, -0.25) is 4.55 Å². The van der Waals surface area contributed by atoms with Crippen LogP contribution in [0.4, 0.5) is 13.2 Å². The number of likely N-dealkylation sites (tertiary alicyclic amines) is 1. The second-order valence-electron chi connectivity index (χ2n) is 4.30. The predicted octanol–water partition coefficient (Wildman–Crippen LogP) is 2.66. The Morgan fingerprint density at radius 2 is 1.89 bits per heavy atom. The molecule has 0 aliphatic carbocycles. The van der Waals surface area contributed by atoms with E-state index >= 15 is 0 Å². The predicted molar refractivity (Wildman–Crippen MR) is 62.8 cm³/mol. The molecule has 1 atom stereocenters. The third-order valence-electron chi connectivity index (χ3n) is 2.78. The average Bonchev–Trinajstić information content (AvgIpc) is 2.59. The van der Waals surface area contributed by atoms with Crippen molar-refractivity contribution >= 4 is 10.1 Å². The third kappa shape index (κ3) is 6.55. The van der Waals surface area contributed by atoms with Crippen LogP contribution in [0.25, 0.3) is 0 Å². The van der Waals surface area contributed by atoms with Gasteiger partial charge in [-0.1, -0.05) is 13.3 Å². The number of halogens is 3. The van der Waals surface area contributed by atoms with E-state index < -0.39 is 15.6 Å². The summed E-state index contributed by atoms with van der Waals surface area (Å²) in [6.07, 6.45) is 5.56. The molecule has 18 heavy (non-hydrogen) atoms. The van der Waals surface area contributed by atoms with Crippen LogP contribution < -0.4 is 0 Å². The maximum Gasteiger partial charge on any atom is 0.522 e. The maximum absolute atomic E-state index is 10.7. The molecule has 0 aromatic rings. The number of hydrogen-bond acceptors (Lipinski definition) is 3. The quantitative estimate of drug-likeness (QED) is 0.641. The zero-order chi connectivity index (χ0) is 14.4. The Balaban J connectivity index is 0.000000331. The number of nitrogens with zero attached hydrogens (tertiary/aromatic N) is 1. The van der Waals surface area contributed by atoms with Gasteiger partial charge in [-0.15, -0.1) is 0 Å². The normalized spacial score (nSPS) is 21.6. The minimum absolute atomic E-state index is 0.867. The molecule has 0 saturated carbocycles. The smallest absolute Gasteiger partial charge is 0.301 e. The molecule has 1 N–H and O–H groups in total. The van der Waals surface area contributed by atoms with Crippen molar-refractivity contribution in [1.82, 2.24) is 4.90 Å². The summed E-state index contributed by atoms with van der Waals surface area (Å²) >= 11 is 0. The van der Waals surface area contributed by atoms with Crippen LogP contribution in [-0.2, 0) is 10.1 Å². The first-order valence-electron chi connectivity index (χ1n) is 5.87. The van der Waals surface area contributed by atoms with E-state index in [1.54, 1.807) is 0 Å². The molecule has 0 aromatic carbocycles. The molecular weight excluding hydrogens is 271 g/mol. The van der Waals surface area contributed by atoms with Crippen molar-refractivity contribution in [3.63, 3.8) is 0 Å². The molecule has 0 spiro atoms. The van der Waals surface area contributed by atoms with Crippen molar-refractivity contribution in [2.45, 2.75) is 51.1 Å². The first kappa shape index (κ1) is 17.7. The van der Waals surface area contributed by atoms with Gasteiger partial charge in [-0.05, 0) is 39.3 Å². The van der Waals surface area contributed by atoms with Crippen LogP contribution in [0, 0.1) is 0 Å². The summed E-state index contributed by atoms with van der Waals surface area (Å²) in [7, 11) is -5.84. The minimum Gasteiger partial charge on any atom is -0.301 e. The van der Waals surface area contributed by atoms with Gasteiger partial charge in [0.25, 0.3) is 0 Å². The lowest BCUT2D eigenvalue weighted by atomic mass is 10.2. The largest absolute Gasteiger partial charge is 0.522 e. The van der Waals surface area contributed by atoms with Crippen LogP contribution in [0.15, 0.2) is 0 Å². The summed E-state index contributed by atoms with van der Waals surface area (Å²) in [5.74, 6) is 0. The van der Waals surface area contributed by atoms with E-state index in [1.807, 2.05) is 0 Å². The van der Waals surface area contributed by atoms with Crippen LogP contribution in [0.1, 0.15) is 39.5 Å². The van der Waals surface area contributed by atoms with Gasteiger partial charge in [-0.25, -0.2) is 0 Å². The summed E-state index contributed by atoms with van der Waals surface area (Å²) in [5.41, 5.74) is -5.53. The Bertz CT molecular complexity index is 330. The van der Waals surface area contributed by atoms with Gasteiger partial charge < -0.3 is 4.90 Å². The van der Waals surface area contributed by atoms with Gasteiger partial charge in [0.15, 0.2) is 0 Å². The lowest BCUT2D eigenvalue weighted by molar-refractivity contribution is -0.0510. The van der Waals surface area contributed by atoms with Gasteiger partial charge in [-0.2, -0.15) is 21.6 Å². The summed E-state index contributed by atoms with van der Waals surface area (Å²) in [6, 6.07) is 0.867. The van der Waals surface area contributed by atoms with Crippen molar-refractivity contribution in [2.75, 3.05) is 13.1 Å². The van der Waals surface area contributed by atoms with E-state index in [4.69, 9.17) is 13.0 Å². The van der Waals surface area contributed by atoms with Crippen molar-refractivity contribution in [1.29, 1.82) is 0 Å². The molecule has 0 aromatic heterocycles. The van der Waals surface area contributed by atoms with Crippen LogP contribution in [-0.4, -0.2) is 42.5 Å². The molecule has 0 radical (unpaired) electrons. The van der Waals surface area contributed by atoms with Gasteiger partial charge in [0.1, 0.15) is 0 Å². The fraction of sp³-hybridized carbons (Fsp3) is 1.00. The SMILES string of the molecule is CCCCN1CCCC1C.O=S(=O)(O)C(F)(F)F. The fourth-order valence-corrected chi connectivity index (χ4v) is 1.69. The van der Waals surface area contributed by atoms with Crippen LogP contribution in [0.3, 0.4) is 0 Å². The third-order valence-corrected chi connectivity index (χ3v) is 3.37. The second kappa shape index (κ2) is 7.30. The van der Waals surface area contributed by atoms with Gasteiger partial charge in [0.2, 0.25) is 0 Å². The fourth-order valence-electron chi connectivity index (χ4n) is 1.69. The van der Waals surface area contributed by atoms with E-state index in [0.29, 0.717) is 0 Å². The summed E-state index contributed by atoms with van der Waals surface area (Å²) in [4.78, 5) is 2.61. The molecule has 1 rings (SSSR count). The van der Waals surface area contributed by atoms with Crippen LogP contribution in [0.5, 0.6) is 0 Å². The highest BCUT2D eigenvalue weighted by Crippen LogP contribution is 2.20. The molecule has 1 heterocycles. The zero-order valence-electron chi connectivity index (χ0n) is 10.6. The standard InChI is InChI=1S/C9H19N.CHF3O3S/c1-3-4-7-10-8-5-6-9(10)2;2-1(3,4)8(5,6)7/h9H,3-8H2,1-2H3;(H,5,6,7). The van der Waals surface area contributed by atoms with E-state index in [0.717, 1.165) is 6.04 Å². The first-order chi connectivity index (χ1) is 8.09. The van der Waals surface area contributed by atoms with E-state index in [1.165, 1.54) is 38.8 Å². The monoisotopic (exact) mass is 291 g/mol. The molecule has 0 bridgehead atoms. The van der Waals surface area contributed by atoms with Crippen molar-refractivity contribution in [2.24, 2.45) is 0 Å². The molecule has 0 amide bonds. The highest BCUT2D eigenvalue weighted by Gasteiger charge is 2.44. The van der Waals surface area contributed by atoms with E-state index in [-0.39, 0.29) is 0 Å². The van der Waals surface area contributed by atoms with E-state index in [9.17, 15) is 13.2 Å². The Labute approximate surface area is 106 Å². The summed E-state index contributed by atoms with van der Waals surface area (Å²) in [6.45, 7) is 7.29. The molecule has 8 heteroatoms. The average molecular weight is 291 g/mol. The molecule has 1 fully saturated rings. The molecule has 1 aliphatic rings. The number of rotatable bonds is 3. The number of hydrogen-bond donors (Lipinski definition) is 1. The van der Waals surface area contributed by atoms with Crippen molar-refractivity contribution in [3.8, 4) is 0 Å². The van der Waals surface area contributed by atoms with Crippen molar-refractivity contribution in [3.05, 3.63) is 0 Å². The Hall–Kier alpha value is -0.340. The molecule has 4 nitrogen and oxygen atoms in total. The highest BCUT2D eigenvalue weighted by atomic mass is 32.2. The second-order valence-corrected chi connectivity index (χ2v) is 5.71. The van der Waals surface area contributed by atoms with E-state index in [2.05, 4.69) is 18.7 Å². The van der Waals surface area contributed by atoms with Crippen LogP contribution in [0.2, 0.25) is 0 Å². The molecular formula is C10H20F3NO3S.